The molecule has 0 amide bonds. The Morgan fingerprint density at radius 1 is 1.32 bits per heavy atom. The van der Waals surface area contributed by atoms with Crippen molar-refractivity contribution in [2.75, 3.05) is 7.11 Å². The molecule has 1 N–H and O–H groups in total. The lowest BCUT2D eigenvalue weighted by atomic mass is 9.77. The lowest BCUT2D eigenvalue weighted by molar-refractivity contribution is -0.148. The molecule has 19 heavy (non-hydrogen) atoms. The average Bonchev–Trinajstić information content (AvgIpc) is 2.80. The van der Waals surface area contributed by atoms with Crippen LogP contribution in [0.2, 0.25) is 0 Å². The molecule has 3 rings (SSSR count). The second-order valence-electron chi connectivity index (χ2n) is 5.49. The summed E-state index contributed by atoms with van der Waals surface area (Å²) in [7, 11) is 1.44. The summed E-state index contributed by atoms with van der Waals surface area (Å²) in [6, 6.07) is 7.19. The van der Waals surface area contributed by atoms with Gasteiger partial charge in [-0.05, 0) is 37.0 Å². The molecule has 2 aliphatic heterocycles. The van der Waals surface area contributed by atoms with E-state index in [2.05, 4.69) is 5.32 Å². The molecule has 4 heteroatoms. The summed E-state index contributed by atoms with van der Waals surface area (Å²) in [5.74, 6) is -0.427. The number of nitrogens with one attached hydrogen (secondary N) is 1. The van der Waals surface area contributed by atoms with Crippen LogP contribution in [0.1, 0.15) is 30.7 Å². The molecular weight excluding hydrogens is 244 g/mol. The predicted molar refractivity (Wildman–Crippen MR) is 69.2 cm³/mol. The number of esters is 1. The minimum atomic E-state index is -0.240. The number of halogens is 1. The van der Waals surface area contributed by atoms with Crippen molar-refractivity contribution >= 4 is 5.97 Å². The summed E-state index contributed by atoms with van der Waals surface area (Å²) in [6.45, 7) is 0. The zero-order valence-electron chi connectivity index (χ0n) is 10.9. The second kappa shape index (κ2) is 4.93. The number of benzene rings is 1. The first-order chi connectivity index (χ1) is 9.19. The fraction of sp³-hybridized carbons (Fsp3) is 0.533. The van der Waals surface area contributed by atoms with Gasteiger partial charge in [-0.15, -0.1) is 0 Å². The Kier molecular flexibility index (Phi) is 3.27. The highest BCUT2D eigenvalue weighted by atomic mass is 19.1. The third-order valence-corrected chi connectivity index (χ3v) is 4.45. The Bertz CT molecular complexity index is 474. The van der Waals surface area contributed by atoms with E-state index in [9.17, 15) is 9.18 Å². The van der Waals surface area contributed by atoms with Gasteiger partial charge in [-0.2, -0.15) is 0 Å². The molecule has 0 saturated carbocycles. The Morgan fingerprint density at radius 3 is 2.74 bits per heavy atom. The van der Waals surface area contributed by atoms with Crippen LogP contribution in [0.15, 0.2) is 24.3 Å². The van der Waals surface area contributed by atoms with Crippen LogP contribution in [0.5, 0.6) is 0 Å². The molecule has 1 aromatic carbocycles. The zero-order chi connectivity index (χ0) is 13.4. The number of rotatable bonds is 2. The summed E-state index contributed by atoms with van der Waals surface area (Å²) >= 11 is 0. The van der Waals surface area contributed by atoms with E-state index in [1.807, 2.05) is 0 Å². The zero-order valence-corrected chi connectivity index (χ0v) is 10.9. The van der Waals surface area contributed by atoms with E-state index in [1.165, 1.54) is 19.2 Å². The van der Waals surface area contributed by atoms with Crippen LogP contribution in [-0.4, -0.2) is 25.2 Å². The molecule has 2 heterocycles. The van der Waals surface area contributed by atoms with Gasteiger partial charge in [0, 0.05) is 18.0 Å². The highest BCUT2D eigenvalue weighted by Crippen LogP contribution is 2.42. The Hall–Kier alpha value is -1.42. The maximum Gasteiger partial charge on any atom is 0.310 e. The van der Waals surface area contributed by atoms with E-state index >= 15 is 0 Å². The molecule has 2 bridgehead atoms. The summed E-state index contributed by atoms with van der Waals surface area (Å²) < 4.78 is 18.0. The lowest BCUT2D eigenvalue weighted by Crippen LogP contribution is -2.48. The number of hydrogen-bond donors (Lipinski definition) is 1. The van der Waals surface area contributed by atoms with Crippen LogP contribution in [0.3, 0.4) is 0 Å². The smallest absolute Gasteiger partial charge is 0.310 e. The van der Waals surface area contributed by atoms with Crippen LogP contribution in [0, 0.1) is 11.7 Å². The fourth-order valence-electron chi connectivity index (χ4n) is 3.57. The van der Waals surface area contributed by atoms with Gasteiger partial charge in [-0.25, -0.2) is 4.39 Å². The summed E-state index contributed by atoms with van der Waals surface area (Å²) in [4.78, 5) is 12.1. The molecule has 2 fully saturated rings. The number of ether oxygens (including phenoxy) is 1. The van der Waals surface area contributed by atoms with Crippen LogP contribution < -0.4 is 5.32 Å². The summed E-state index contributed by atoms with van der Waals surface area (Å²) in [5, 5.41) is 3.49. The monoisotopic (exact) mass is 262 g/mol. The number of carbonyl (C=O) groups excluding carboxylic acids is 1. The number of methoxy groups -OCH3 is 1. The second-order valence-corrected chi connectivity index (χ2v) is 5.49. The van der Waals surface area contributed by atoms with Gasteiger partial charge in [0.05, 0.1) is 13.0 Å². The molecule has 0 radical (unpaired) electrons. The van der Waals surface area contributed by atoms with Crippen LogP contribution in [0.4, 0.5) is 4.39 Å². The summed E-state index contributed by atoms with van der Waals surface area (Å²) in [6.07, 6.45) is 3.04. The molecule has 2 aliphatic rings. The number of hydrogen-bond acceptors (Lipinski definition) is 3. The number of fused-ring (bicyclic) bond motifs is 2. The number of carbonyl (C=O) groups is 1. The van der Waals surface area contributed by atoms with Crippen LogP contribution >= 0.6 is 0 Å². The van der Waals surface area contributed by atoms with Crippen molar-refractivity contribution in [2.24, 2.45) is 5.92 Å². The van der Waals surface area contributed by atoms with E-state index < -0.39 is 0 Å². The van der Waals surface area contributed by atoms with Crippen molar-refractivity contribution in [3.63, 3.8) is 0 Å². The Morgan fingerprint density at radius 2 is 2.05 bits per heavy atom. The Balaban J connectivity index is 1.92. The van der Waals surface area contributed by atoms with Crippen molar-refractivity contribution < 1.29 is 13.9 Å². The standard InChI is InChI=1S/C15H18FNO2/c1-19-15(18)14-12(8-11-6-7-13(14)17-11)9-2-4-10(16)5-3-9/h2-5,11-14,17H,6-8H2,1H3/t11-,12-,13+,14+/m1/s1/i1-1. The molecule has 0 unspecified atom stereocenters. The molecule has 1 aromatic rings. The summed E-state index contributed by atoms with van der Waals surface area (Å²) in [5.41, 5.74) is 1.04. The third-order valence-electron chi connectivity index (χ3n) is 4.45. The van der Waals surface area contributed by atoms with Gasteiger partial charge in [0.15, 0.2) is 0 Å². The molecular formula is C15H18FNO2. The molecule has 4 atom stereocenters. The van der Waals surface area contributed by atoms with E-state index in [-0.39, 0.29) is 29.7 Å². The SMILES string of the molecule is [11CH3]OC(=O)[C@@H]1[C@@H]2CC[C@H](C[C@@H]1c1ccc(F)cc1)N2. The fourth-order valence-corrected chi connectivity index (χ4v) is 3.57. The minimum absolute atomic E-state index is 0.131. The number of piperidine rings is 1. The van der Waals surface area contributed by atoms with Gasteiger partial charge in [-0.1, -0.05) is 12.1 Å². The third kappa shape index (κ3) is 2.25. The van der Waals surface area contributed by atoms with E-state index in [4.69, 9.17) is 4.74 Å². The molecule has 0 aliphatic carbocycles. The van der Waals surface area contributed by atoms with Crippen molar-refractivity contribution in [3.05, 3.63) is 35.6 Å². The van der Waals surface area contributed by atoms with Crippen LogP contribution in [0.25, 0.3) is 0 Å². The highest BCUT2D eigenvalue weighted by molar-refractivity contribution is 5.75. The molecule has 0 aromatic heterocycles. The topological polar surface area (TPSA) is 38.3 Å². The van der Waals surface area contributed by atoms with E-state index in [0.717, 1.165) is 24.8 Å². The van der Waals surface area contributed by atoms with Crippen molar-refractivity contribution in [1.29, 1.82) is 0 Å². The van der Waals surface area contributed by atoms with Crippen LogP contribution in [-0.2, 0) is 9.53 Å². The molecule has 2 saturated heterocycles. The Labute approximate surface area is 112 Å². The molecule has 102 valence electrons. The molecule has 0 spiro atoms. The van der Waals surface area contributed by atoms with Gasteiger partial charge in [0.2, 0.25) is 0 Å². The largest absolute Gasteiger partial charge is 0.469 e. The normalized spacial score (nSPS) is 33.2. The highest BCUT2D eigenvalue weighted by Gasteiger charge is 2.46. The van der Waals surface area contributed by atoms with E-state index in [0.29, 0.717) is 6.04 Å². The van der Waals surface area contributed by atoms with Gasteiger partial charge >= 0.3 is 5.97 Å². The van der Waals surface area contributed by atoms with Gasteiger partial charge in [0.25, 0.3) is 0 Å². The first kappa shape index (κ1) is 12.6. The molecule has 3 nitrogen and oxygen atoms in total. The van der Waals surface area contributed by atoms with Crippen molar-refractivity contribution in [3.8, 4) is 0 Å². The average molecular weight is 262 g/mol. The van der Waals surface area contributed by atoms with Gasteiger partial charge < -0.3 is 10.1 Å². The lowest BCUT2D eigenvalue weighted by Gasteiger charge is -2.36. The maximum atomic E-state index is 13.0. The van der Waals surface area contributed by atoms with Crippen molar-refractivity contribution in [2.45, 2.75) is 37.3 Å². The van der Waals surface area contributed by atoms with E-state index in [1.54, 1.807) is 12.1 Å². The minimum Gasteiger partial charge on any atom is -0.469 e. The van der Waals surface area contributed by atoms with Crippen molar-refractivity contribution in [1.82, 2.24) is 5.32 Å². The van der Waals surface area contributed by atoms with Gasteiger partial charge in [-0.3, -0.25) is 4.79 Å². The first-order valence-electron chi connectivity index (χ1n) is 6.78. The predicted octanol–water partition coefficient (Wildman–Crippen LogP) is 2.22. The first-order valence-corrected chi connectivity index (χ1v) is 6.78. The maximum absolute atomic E-state index is 13.0. The quantitative estimate of drug-likeness (QED) is 0.831. The van der Waals surface area contributed by atoms with Gasteiger partial charge in [0.1, 0.15) is 5.82 Å².